The van der Waals surface area contributed by atoms with E-state index in [0.717, 1.165) is 37.2 Å². The van der Waals surface area contributed by atoms with Crippen molar-refractivity contribution in [1.82, 2.24) is 9.97 Å². The van der Waals surface area contributed by atoms with E-state index in [1.54, 1.807) is 0 Å². The van der Waals surface area contributed by atoms with Crippen LogP contribution in [-0.2, 0) is 0 Å². The molecule has 3 rings (SSSR count). The first-order chi connectivity index (χ1) is 8.31. The van der Waals surface area contributed by atoms with E-state index in [9.17, 15) is 0 Å². The highest BCUT2D eigenvalue weighted by atomic mass is 15.2. The highest BCUT2D eigenvalue weighted by Gasteiger charge is 2.21. The molecule has 0 radical (unpaired) electrons. The molecule has 1 aliphatic heterocycles. The van der Waals surface area contributed by atoms with Crippen LogP contribution in [0.5, 0.6) is 0 Å². The Morgan fingerprint density at radius 3 is 2.76 bits per heavy atom. The minimum absolute atomic E-state index is 0.368. The average molecular weight is 233 g/mol. The molecular formula is C12H19N5. The molecule has 0 atom stereocenters. The van der Waals surface area contributed by atoms with Crippen LogP contribution in [0.1, 0.15) is 25.7 Å². The third-order valence-corrected chi connectivity index (χ3v) is 3.43. The summed E-state index contributed by atoms with van der Waals surface area (Å²) in [5.41, 5.74) is 5.76. The minimum Gasteiger partial charge on any atom is -0.370 e. The zero-order valence-corrected chi connectivity index (χ0v) is 10.0. The molecule has 0 unspecified atom stereocenters. The van der Waals surface area contributed by atoms with Crippen molar-refractivity contribution in [3.8, 4) is 0 Å². The van der Waals surface area contributed by atoms with Crippen LogP contribution in [0.15, 0.2) is 6.07 Å². The smallest absolute Gasteiger partial charge is 0.223 e. The standard InChI is InChI=1S/C12H19N5/c13-12-15-10(14-8-9-3-4-9)7-11(16-12)17-5-1-2-6-17/h7,9H,1-6,8H2,(H3,13,14,15,16). The van der Waals surface area contributed by atoms with Crippen LogP contribution < -0.4 is 16.0 Å². The summed E-state index contributed by atoms with van der Waals surface area (Å²) >= 11 is 0. The Morgan fingerprint density at radius 2 is 2.06 bits per heavy atom. The van der Waals surface area contributed by atoms with Crippen LogP contribution in [-0.4, -0.2) is 29.6 Å². The molecule has 1 saturated carbocycles. The average Bonchev–Trinajstić information content (AvgIpc) is 2.98. The van der Waals surface area contributed by atoms with Gasteiger partial charge in [0, 0.05) is 25.7 Å². The maximum atomic E-state index is 5.76. The van der Waals surface area contributed by atoms with Crippen LogP contribution in [0, 0.1) is 5.92 Å². The maximum Gasteiger partial charge on any atom is 0.223 e. The van der Waals surface area contributed by atoms with Crippen molar-refractivity contribution in [3.05, 3.63) is 6.07 Å². The second kappa shape index (κ2) is 4.39. The Kier molecular flexibility index (Phi) is 2.74. The summed E-state index contributed by atoms with van der Waals surface area (Å²) in [5.74, 6) is 3.04. The van der Waals surface area contributed by atoms with Gasteiger partial charge in [0.05, 0.1) is 0 Å². The molecule has 92 valence electrons. The molecule has 1 saturated heterocycles. The van der Waals surface area contributed by atoms with Gasteiger partial charge in [-0.3, -0.25) is 0 Å². The lowest BCUT2D eigenvalue weighted by Crippen LogP contribution is -2.20. The van der Waals surface area contributed by atoms with Crippen LogP contribution in [0.3, 0.4) is 0 Å². The summed E-state index contributed by atoms with van der Waals surface area (Å²) in [5, 5.41) is 3.35. The molecule has 0 spiro atoms. The highest BCUT2D eigenvalue weighted by Crippen LogP contribution is 2.29. The molecule has 5 heteroatoms. The van der Waals surface area contributed by atoms with Gasteiger partial charge in [0.15, 0.2) is 0 Å². The summed E-state index contributed by atoms with van der Waals surface area (Å²) in [7, 11) is 0. The topological polar surface area (TPSA) is 67.1 Å². The van der Waals surface area contributed by atoms with E-state index in [1.165, 1.54) is 25.7 Å². The van der Waals surface area contributed by atoms with E-state index in [2.05, 4.69) is 20.2 Å². The summed E-state index contributed by atoms with van der Waals surface area (Å²) in [6.45, 7) is 3.17. The van der Waals surface area contributed by atoms with Crippen molar-refractivity contribution in [1.29, 1.82) is 0 Å². The van der Waals surface area contributed by atoms with Crippen molar-refractivity contribution >= 4 is 17.6 Å². The second-order valence-electron chi connectivity index (χ2n) is 4.99. The Labute approximate surface area is 101 Å². The molecule has 1 aromatic rings. The number of rotatable bonds is 4. The van der Waals surface area contributed by atoms with Gasteiger partial charge < -0.3 is 16.0 Å². The molecule has 17 heavy (non-hydrogen) atoms. The Morgan fingerprint density at radius 1 is 1.29 bits per heavy atom. The van der Waals surface area contributed by atoms with E-state index in [0.29, 0.717) is 5.95 Å². The van der Waals surface area contributed by atoms with Gasteiger partial charge in [-0.05, 0) is 31.6 Å². The molecule has 2 aliphatic rings. The maximum absolute atomic E-state index is 5.76. The van der Waals surface area contributed by atoms with Gasteiger partial charge in [0.2, 0.25) is 5.95 Å². The van der Waals surface area contributed by atoms with Crippen molar-refractivity contribution < 1.29 is 0 Å². The number of aromatic nitrogens is 2. The van der Waals surface area contributed by atoms with Gasteiger partial charge in [-0.1, -0.05) is 0 Å². The van der Waals surface area contributed by atoms with Crippen molar-refractivity contribution in [3.63, 3.8) is 0 Å². The Balaban J connectivity index is 1.73. The molecule has 1 aromatic heterocycles. The third-order valence-electron chi connectivity index (χ3n) is 3.43. The largest absolute Gasteiger partial charge is 0.370 e. The van der Waals surface area contributed by atoms with Gasteiger partial charge in [0.1, 0.15) is 11.6 Å². The molecule has 0 amide bonds. The van der Waals surface area contributed by atoms with Gasteiger partial charge in [-0.15, -0.1) is 0 Å². The fraction of sp³-hybridized carbons (Fsp3) is 0.667. The van der Waals surface area contributed by atoms with Crippen LogP contribution in [0.4, 0.5) is 17.6 Å². The number of nitrogens with zero attached hydrogens (tertiary/aromatic N) is 3. The first-order valence-electron chi connectivity index (χ1n) is 6.44. The zero-order valence-electron chi connectivity index (χ0n) is 10.0. The number of hydrogen-bond donors (Lipinski definition) is 2. The van der Waals surface area contributed by atoms with Crippen molar-refractivity contribution in [2.24, 2.45) is 5.92 Å². The fourth-order valence-corrected chi connectivity index (χ4v) is 2.22. The summed E-state index contributed by atoms with van der Waals surface area (Å²) in [4.78, 5) is 10.8. The second-order valence-corrected chi connectivity index (χ2v) is 4.99. The Hall–Kier alpha value is -1.52. The minimum atomic E-state index is 0.368. The number of nitrogen functional groups attached to an aromatic ring is 1. The van der Waals surface area contributed by atoms with Crippen LogP contribution in [0.2, 0.25) is 0 Å². The van der Waals surface area contributed by atoms with E-state index < -0.39 is 0 Å². The predicted molar refractivity (Wildman–Crippen MR) is 69.1 cm³/mol. The van der Waals surface area contributed by atoms with Gasteiger partial charge in [-0.2, -0.15) is 9.97 Å². The lowest BCUT2D eigenvalue weighted by Gasteiger charge is -2.17. The lowest BCUT2D eigenvalue weighted by molar-refractivity contribution is 0.877. The first kappa shape index (κ1) is 10.6. The van der Waals surface area contributed by atoms with Crippen molar-refractivity contribution in [2.45, 2.75) is 25.7 Å². The third kappa shape index (κ3) is 2.60. The summed E-state index contributed by atoms with van der Waals surface area (Å²) in [6.07, 6.45) is 5.17. The summed E-state index contributed by atoms with van der Waals surface area (Å²) in [6, 6.07) is 2.02. The number of anilines is 3. The van der Waals surface area contributed by atoms with Gasteiger partial charge in [-0.25, -0.2) is 0 Å². The number of nitrogens with one attached hydrogen (secondary N) is 1. The number of nitrogens with two attached hydrogens (primary N) is 1. The van der Waals surface area contributed by atoms with E-state index in [1.807, 2.05) is 6.07 Å². The van der Waals surface area contributed by atoms with E-state index in [4.69, 9.17) is 5.73 Å². The molecule has 1 aliphatic carbocycles. The van der Waals surface area contributed by atoms with Crippen LogP contribution in [0.25, 0.3) is 0 Å². The predicted octanol–water partition coefficient (Wildman–Crippen LogP) is 1.48. The molecule has 0 bridgehead atoms. The highest BCUT2D eigenvalue weighted by molar-refractivity contribution is 5.53. The van der Waals surface area contributed by atoms with Crippen molar-refractivity contribution in [2.75, 3.05) is 35.6 Å². The normalized spacial score (nSPS) is 19.6. The van der Waals surface area contributed by atoms with E-state index >= 15 is 0 Å². The van der Waals surface area contributed by atoms with Crippen LogP contribution >= 0.6 is 0 Å². The molecule has 5 nitrogen and oxygen atoms in total. The lowest BCUT2D eigenvalue weighted by atomic mass is 10.4. The fourth-order valence-electron chi connectivity index (χ4n) is 2.22. The molecule has 3 N–H and O–H groups in total. The summed E-state index contributed by atoms with van der Waals surface area (Å²) < 4.78 is 0. The molecule has 2 fully saturated rings. The van der Waals surface area contributed by atoms with Gasteiger partial charge in [0.25, 0.3) is 0 Å². The Bertz CT molecular complexity index is 396. The first-order valence-corrected chi connectivity index (χ1v) is 6.44. The zero-order chi connectivity index (χ0) is 11.7. The monoisotopic (exact) mass is 233 g/mol. The molecule has 2 heterocycles. The number of hydrogen-bond acceptors (Lipinski definition) is 5. The quantitative estimate of drug-likeness (QED) is 0.824. The molecule has 0 aromatic carbocycles. The SMILES string of the molecule is Nc1nc(NCC2CC2)cc(N2CCCC2)n1. The molecular weight excluding hydrogens is 214 g/mol. The van der Waals surface area contributed by atoms with Gasteiger partial charge >= 0.3 is 0 Å². The van der Waals surface area contributed by atoms with E-state index in [-0.39, 0.29) is 0 Å².